The fourth-order valence-corrected chi connectivity index (χ4v) is 2.09. The third-order valence-corrected chi connectivity index (χ3v) is 3.19. The van der Waals surface area contributed by atoms with Crippen molar-refractivity contribution >= 4 is 23.4 Å². The molecular formula is C12H15ClN4O2. The number of amides is 2. The first kappa shape index (κ1) is 13.7. The number of hydrogen-bond donors (Lipinski definition) is 0. The Balaban J connectivity index is 1.94. The maximum Gasteiger partial charge on any atom is 0.274 e. The quantitative estimate of drug-likeness (QED) is 0.736. The van der Waals surface area contributed by atoms with Crippen LogP contribution in [0.15, 0.2) is 18.6 Å². The van der Waals surface area contributed by atoms with E-state index in [0.29, 0.717) is 31.9 Å². The molecule has 0 aromatic carbocycles. The summed E-state index contributed by atoms with van der Waals surface area (Å²) in [7, 11) is 0. The number of carbonyl (C=O) groups excluding carboxylic acids is 2. The second-order valence-electron chi connectivity index (χ2n) is 4.32. The fraction of sp³-hybridized carbons (Fsp3) is 0.500. The highest BCUT2D eigenvalue weighted by molar-refractivity contribution is 6.30. The van der Waals surface area contributed by atoms with Crippen molar-refractivity contribution < 1.29 is 9.59 Å². The van der Waals surface area contributed by atoms with Gasteiger partial charge in [-0.15, -0.1) is 11.6 Å². The topological polar surface area (TPSA) is 66.4 Å². The van der Waals surface area contributed by atoms with E-state index in [1.807, 2.05) is 0 Å². The standard InChI is InChI=1S/C12H15ClN4O2/c1-9(13)11(18)16-4-6-17(7-5-16)12(19)10-8-14-2-3-15-10/h2-3,8-9H,4-7H2,1H3. The first-order valence-corrected chi connectivity index (χ1v) is 6.51. The number of halogens is 1. The summed E-state index contributed by atoms with van der Waals surface area (Å²) in [4.78, 5) is 35.0. The van der Waals surface area contributed by atoms with E-state index < -0.39 is 5.38 Å². The molecule has 2 heterocycles. The van der Waals surface area contributed by atoms with Crippen molar-refractivity contribution in [2.24, 2.45) is 0 Å². The average Bonchev–Trinajstić information content (AvgIpc) is 2.46. The second kappa shape index (κ2) is 5.97. The minimum atomic E-state index is -0.526. The van der Waals surface area contributed by atoms with Crippen molar-refractivity contribution in [3.8, 4) is 0 Å². The monoisotopic (exact) mass is 282 g/mol. The molecule has 6 nitrogen and oxygen atoms in total. The molecule has 0 radical (unpaired) electrons. The molecule has 1 aliphatic rings. The smallest absolute Gasteiger partial charge is 0.274 e. The Kier molecular flexibility index (Phi) is 4.31. The highest BCUT2D eigenvalue weighted by Gasteiger charge is 2.26. The van der Waals surface area contributed by atoms with E-state index in [-0.39, 0.29) is 11.8 Å². The van der Waals surface area contributed by atoms with Crippen LogP contribution in [0.4, 0.5) is 0 Å². The summed E-state index contributed by atoms with van der Waals surface area (Å²) in [6, 6.07) is 0. The van der Waals surface area contributed by atoms with Crippen LogP contribution in [0, 0.1) is 0 Å². The highest BCUT2D eigenvalue weighted by Crippen LogP contribution is 2.09. The van der Waals surface area contributed by atoms with Crippen LogP contribution in [-0.2, 0) is 4.79 Å². The third kappa shape index (κ3) is 3.20. The molecule has 0 spiro atoms. The summed E-state index contributed by atoms with van der Waals surface area (Å²) in [5.74, 6) is -0.243. The van der Waals surface area contributed by atoms with Crippen LogP contribution in [-0.4, -0.2) is 63.1 Å². The van der Waals surface area contributed by atoms with E-state index in [4.69, 9.17) is 11.6 Å². The maximum atomic E-state index is 12.1. The molecule has 2 rings (SSSR count). The molecule has 1 fully saturated rings. The van der Waals surface area contributed by atoms with Gasteiger partial charge in [-0.25, -0.2) is 4.98 Å². The van der Waals surface area contributed by atoms with Crippen LogP contribution in [0.3, 0.4) is 0 Å². The number of hydrogen-bond acceptors (Lipinski definition) is 4. The third-order valence-electron chi connectivity index (χ3n) is 3.00. The zero-order valence-electron chi connectivity index (χ0n) is 10.6. The van der Waals surface area contributed by atoms with Crippen LogP contribution in [0.2, 0.25) is 0 Å². The zero-order chi connectivity index (χ0) is 13.8. The summed E-state index contributed by atoms with van der Waals surface area (Å²) in [5, 5.41) is -0.526. The second-order valence-corrected chi connectivity index (χ2v) is 4.98. The van der Waals surface area contributed by atoms with E-state index in [0.717, 1.165) is 0 Å². The van der Waals surface area contributed by atoms with E-state index in [2.05, 4.69) is 9.97 Å². The Hall–Kier alpha value is -1.69. The molecule has 0 bridgehead atoms. The van der Waals surface area contributed by atoms with Crippen LogP contribution in [0.25, 0.3) is 0 Å². The molecule has 0 saturated carbocycles. The summed E-state index contributed by atoms with van der Waals surface area (Å²) in [6.45, 7) is 3.64. The lowest BCUT2D eigenvalue weighted by molar-refractivity contribution is -0.131. The number of rotatable bonds is 2. The summed E-state index contributed by atoms with van der Waals surface area (Å²) >= 11 is 5.77. The molecule has 1 atom stereocenters. The first-order chi connectivity index (χ1) is 9.09. The molecule has 1 aromatic rings. The molecule has 1 saturated heterocycles. The Morgan fingerprint density at radius 2 is 1.84 bits per heavy atom. The number of carbonyl (C=O) groups is 2. The molecule has 1 aliphatic heterocycles. The summed E-state index contributed by atoms with van der Waals surface area (Å²) < 4.78 is 0. The van der Waals surface area contributed by atoms with Gasteiger partial charge in [0, 0.05) is 38.6 Å². The van der Waals surface area contributed by atoms with Gasteiger partial charge in [0.2, 0.25) is 5.91 Å². The molecule has 19 heavy (non-hydrogen) atoms. The van der Waals surface area contributed by atoms with Crippen molar-refractivity contribution in [2.45, 2.75) is 12.3 Å². The SMILES string of the molecule is CC(Cl)C(=O)N1CCN(C(=O)c2cnccn2)CC1. The molecule has 102 valence electrons. The zero-order valence-corrected chi connectivity index (χ0v) is 11.4. The van der Waals surface area contributed by atoms with Crippen LogP contribution < -0.4 is 0 Å². The number of aromatic nitrogens is 2. The fourth-order valence-electron chi connectivity index (χ4n) is 1.95. The van der Waals surface area contributed by atoms with Gasteiger partial charge in [-0.1, -0.05) is 0 Å². The minimum absolute atomic E-state index is 0.0896. The minimum Gasteiger partial charge on any atom is -0.338 e. The lowest BCUT2D eigenvalue weighted by Gasteiger charge is -2.35. The summed E-state index contributed by atoms with van der Waals surface area (Å²) in [5.41, 5.74) is 0.327. The van der Waals surface area contributed by atoms with Gasteiger partial charge in [0.15, 0.2) is 0 Å². The van der Waals surface area contributed by atoms with Gasteiger partial charge >= 0.3 is 0 Å². The maximum absolute atomic E-state index is 12.1. The van der Waals surface area contributed by atoms with Crippen molar-refractivity contribution in [2.75, 3.05) is 26.2 Å². The number of nitrogens with zero attached hydrogens (tertiary/aromatic N) is 4. The molecular weight excluding hydrogens is 268 g/mol. The van der Waals surface area contributed by atoms with Gasteiger partial charge in [0.05, 0.1) is 6.20 Å². The number of piperazine rings is 1. The average molecular weight is 283 g/mol. The predicted octanol–water partition coefficient (Wildman–Crippen LogP) is 0.388. The van der Waals surface area contributed by atoms with Gasteiger partial charge in [-0.2, -0.15) is 0 Å². The van der Waals surface area contributed by atoms with Crippen LogP contribution in [0.1, 0.15) is 17.4 Å². The number of alkyl halides is 1. The van der Waals surface area contributed by atoms with Crippen molar-refractivity contribution in [3.05, 3.63) is 24.3 Å². The molecule has 0 N–H and O–H groups in total. The lowest BCUT2D eigenvalue weighted by atomic mass is 10.2. The molecule has 1 aromatic heterocycles. The largest absolute Gasteiger partial charge is 0.338 e. The lowest BCUT2D eigenvalue weighted by Crippen LogP contribution is -2.52. The Morgan fingerprint density at radius 1 is 1.21 bits per heavy atom. The van der Waals surface area contributed by atoms with E-state index in [1.165, 1.54) is 18.6 Å². The van der Waals surface area contributed by atoms with Gasteiger partial charge < -0.3 is 9.80 Å². The normalized spacial score (nSPS) is 17.2. The molecule has 2 amide bonds. The Bertz CT molecular complexity index is 458. The van der Waals surface area contributed by atoms with Crippen LogP contribution in [0.5, 0.6) is 0 Å². The molecule has 1 unspecified atom stereocenters. The Morgan fingerprint density at radius 3 is 2.37 bits per heavy atom. The van der Waals surface area contributed by atoms with E-state index in [9.17, 15) is 9.59 Å². The van der Waals surface area contributed by atoms with Gasteiger partial charge in [-0.05, 0) is 6.92 Å². The predicted molar refractivity (Wildman–Crippen MR) is 69.8 cm³/mol. The van der Waals surface area contributed by atoms with Crippen molar-refractivity contribution in [1.82, 2.24) is 19.8 Å². The Labute approximate surface area is 116 Å². The van der Waals surface area contributed by atoms with Crippen molar-refractivity contribution in [3.63, 3.8) is 0 Å². The molecule has 0 aliphatic carbocycles. The highest BCUT2D eigenvalue weighted by atomic mass is 35.5. The van der Waals surface area contributed by atoms with Gasteiger partial charge in [0.25, 0.3) is 5.91 Å². The van der Waals surface area contributed by atoms with E-state index in [1.54, 1.807) is 16.7 Å². The van der Waals surface area contributed by atoms with Gasteiger partial charge in [-0.3, -0.25) is 14.6 Å². The van der Waals surface area contributed by atoms with Crippen molar-refractivity contribution in [1.29, 1.82) is 0 Å². The first-order valence-electron chi connectivity index (χ1n) is 6.07. The van der Waals surface area contributed by atoms with Crippen LogP contribution >= 0.6 is 11.6 Å². The van der Waals surface area contributed by atoms with Gasteiger partial charge in [0.1, 0.15) is 11.1 Å². The molecule has 7 heteroatoms. The van der Waals surface area contributed by atoms with E-state index >= 15 is 0 Å². The summed E-state index contributed by atoms with van der Waals surface area (Å²) in [6.07, 6.45) is 4.46.